The van der Waals surface area contributed by atoms with E-state index in [0.29, 0.717) is 30.0 Å². The maximum Gasteiger partial charge on any atom is 0.267 e. The molecule has 0 spiro atoms. The van der Waals surface area contributed by atoms with E-state index in [2.05, 4.69) is 20.9 Å². The first-order valence-electron chi connectivity index (χ1n) is 9.80. The lowest BCUT2D eigenvalue weighted by molar-refractivity contribution is -0.116. The fraction of sp³-hybridized carbons (Fsp3) is 0.273. The lowest BCUT2D eigenvalue weighted by Crippen LogP contribution is -2.24. The molecule has 0 bridgehead atoms. The van der Waals surface area contributed by atoms with Gasteiger partial charge in [0.25, 0.3) is 5.91 Å². The van der Waals surface area contributed by atoms with Crippen molar-refractivity contribution in [3.05, 3.63) is 54.2 Å². The van der Waals surface area contributed by atoms with Gasteiger partial charge in [0.15, 0.2) is 0 Å². The van der Waals surface area contributed by atoms with Crippen LogP contribution in [-0.2, 0) is 4.79 Å². The number of fused-ring (bicyclic) bond motifs is 1. The van der Waals surface area contributed by atoms with Gasteiger partial charge in [-0.15, -0.1) is 0 Å². The van der Waals surface area contributed by atoms with E-state index in [1.54, 1.807) is 12.1 Å². The summed E-state index contributed by atoms with van der Waals surface area (Å²) >= 11 is 0. The summed E-state index contributed by atoms with van der Waals surface area (Å²) in [5, 5.41) is 9.82. The number of rotatable bonds is 9. The van der Waals surface area contributed by atoms with E-state index in [1.165, 1.54) is 0 Å². The molecule has 0 aliphatic rings. The van der Waals surface area contributed by atoms with Crippen molar-refractivity contribution in [2.24, 2.45) is 0 Å². The Hall–Kier alpha value is -3.48. The average Bonchev–Trinajstić information content (AvgIpc) is 3.15. The van der Waals surface area contributed by atoms with Gasteiger partial charge < -0.3 is 26.7 Å². The summed E-state index contributed by atoms with van der Waals surface area (Å²) in [6, 6.07) is 15.0. The fourth-order valence-corrected chi connectivity index (χ4v) is 3.11. The zero-order valence-electron chi connectivity index (χ0n) is 16.5. The molecular weight excluding hydrogens is 366 g/mol. The van der Waals surface area contributed by atoms with Crippen LogP contribution in [0, 0.1) is 0 Å². The number of nitrogens with one attached hydrogen (secondary N) is 4. The van der Waals surface area contributed by atoms with E-state index >= 15 is 0 Å². The standard InChI is InChI=1S/C22H27N5O2/c1-24-16-11-10-15-13-20(26-19(15)14-16)22(29)25-12-6-2-3-9-21(28)27-18-8-5-4-7-17(18)23/h4-5,7-8,10-11,13-14,24,26H,2-3,6,9,12,23H2,1H3,(H,25,29)(H,27,28). The Bertz CT molecular complexity index is 996. The molecule has 0 fully saturated rings. The molecule has 0 saturated carbocycles. The summed E-state index contributed by atoms with van der Waals surface area (Å²) in [5.74, 6) is -0.171. The molecule has 7 heteroatoms. The first-order chi connectivity index (χ1) is 14.1. The van der Waals surface area contributed by atoms with Crippen LogP contribution in [0.3, 0.4) is 0 Å². The molecular formula is C22H27N5O2. The topological polar surface area (TPSA) is 112 Å². The molecule has 1 aromatic heterocycles. The zero-order chi connectivity index (χ0) is 20.6. The maximum atomic E-state index is 12.3. The predicted molar refractivity (Wildman–Crippen MR) is 118 cm³/mol. The maximum absolute atomic E-state index is 12.3. The third-order valence-electron chi connectivity index (χ3n) is 4.76. The van der Waals surface area contributed by atoms with E-state index < -0.39 is 0 Å². The number of amides is 2. The van der Waals surface area contributed by atoms with Crippen molar-refractivity contribution >= 4 is 39.8 Å². The number of hydrogen-bond acceptors (Lipinski definition) is 4. The van der Waals surface area contributed by atoms with Crippen LogP contribution in [0.1, 0.15) is 36.2 Å². The summed E-state index contributed by atoms with van der Waals surface area (Å²) in [7, 11) is 1.86. The summed E-state index contributed by atoms with van der Waals surface area (Å²) < 4.78 is 0. The smallest absolute Gasteiger partial charge is 0.267 e. The van der Waals surface area contributed by atoms with Crippen LogP contribution >= 0.6 is 0 Å². The molecule has 0 saturated heterocycles. The van der Waals surface area contributed by atoms with Crippen LogP contribution in [0.15, 0.2) is 48.5 Å². The normalized spacial score (nSPS) is 10.7. The number of nitrogen functional groups attached to an aromatic ring is 1. The second-order valence-electron chi connectivity index (χ2n) is 6.94. The number of para-hydroxylation sites is 2. The van der Waals surface area contributed by atoms with Gasteiger partial charge in [-0.1, -0.05) is 24.6 Å². The average molecular weight is 393 g/mol. The van der Waals surface area contributed by atoms with Crippen LogP contribution in [0.5, 0.6) is 0 Å². The highest BCUT2D eigenvalue weighted by Crippen LogP contribution is 2.20. The molecule has 0 aliphatic carbocycles. The first kappa shape index (κ1) is 20.3. The molecule has 0 aliphatic heterocycles. The van der Waals surface area contributed by atoms with Crippen molar-refractivity contribution < 1.29 is 9.59 Å². The van der Waals surface area contributed by atoms with Crippen LogP contribution in [-0.4, -0.2) is 30.4 Å². The van der Waals surface area contributed by atoms with E-state index in [0.717, 1.165) is 35.9 Å². The summed E-state index contributed by atoms with van der Waals surface area (Å²) in [4.78, 5) is 27.4. The van der Waals surface area contributed by atoms with E-state index in [1.807, 2.05) is 43.4 Å². The van der Waals surface area contributed by atoms with Crippen LogP contribution in [0.2, 0.25) is 0 Å². The molecule has 0 radical (unpaired) electrons. The second-order valence-corrected chi connectivity index (χ2v) is 6.94. The lowest BCUT2D eigenvalue weighted by atomic mass is 10.1. The van der Waals surface area contributed by atoms with Gasteiger partial charge in [-0.2, -0.15) is 0 Å². The SMILES string of the molecule is CNc1ccc2cc(C(=O)NCCCCCC(=O)Nc3ccccc3N)[nH]c2c1. The number of benzene rings is 2. The minimum absolute atomic E-state index is 0.0500. The van der Waals surface area contributed by atoms with E-state index in [9.17, 15) is 9.59 Å². The molecule has 2 aromatic carbocycles. The molecule has 152 valence electrons. The molecule has 6 N–H and O–H groups in total. The Kier molecular flexibility index (Phi) is 6.73. The van der Waals surface area contributed by atoms with Gasteiger partial charge in [-0.05, 0) is 43.2 Å². The second kappa shape index (κ2) is 9.64. The molecule has 7 nitrogen and oxygen atoms in total. The number of aromatic nitrogens is 1. The van der Waals surface area contributed by atoms with Gasteiger partial charge in [0.2, 0.25) is 5.91 Å². The van der Waals surface area contributed by atoms with Gasteiger partial charge in [0.1, 0.15) is 5.69 Å². The molecule has 3 aromatic rings. The molecule has 1 heterocycles. The molecule has 0 atom stereocenters. The van der Waals surface area contributed by atoms with Crippen molar-refractivity contribution in [2.75, 3.05) is 30.0 Å². The Morgan fingerprint density at radius 1 is 1.03 bits per heavy atom. The Balaban J connectivity index is 1.35. The van der Waals surface area contributed by atoms with Crippen molar-refractivity contribution in [1.29, 1.82) is 0 Å². The Morgan fingerprint density at radius 2 is 1.86 bits per heavy atom. The Morgan fingerprint density at radius 3 is 2.66 bits per heavy atom. The van der Waals surface area contributed by atoms with Gasteiger partial charge in [-0.25, -0.2) is 0 Å². The van der Waals surface area contributed by atoms with Gasteiger partial charge >= 0.3 is 0 Å². The van der Waals surface area contributed by atoms with Crippen LogP contribution in [0.4, 0.5) is 17.1 Å². The number of unbranched alkanes of at least 4 members (excludes halogenated alkanes) is 2. The third-order valence-corrected chi connectivity index (χ3v) is 4.76. The van der Waals surface area contributed by atoms with Crippen LogP contribution in [0.25, 0.3) is 10.9 Å². The van der Waals surface area contributed by atoms with Crippen molar-refractivity contribution in [1.82, 2.24) is 10.3 Å². The highest BCUT2D eigenvalue weighted by molar-refractivity contribution is 5.98. The van der Waals surface area contributed by atoms with Crippen molar-refractivity contribution in [2.45, 2.75) is 25.7 Å². The lowest BCUT2D eigenvalue weighted by Gasteiger charge is -2.08. The summed E-state index contributed by atoms with van der Waals surface area (Å²) in [6.07, 6.45) is 2.86. The number of aromatic amines is 1. The number of nitrogens with two attached hydrogens (primary N) is 1. The highest BCUT2D eigenvalue weighted by atomic mass is 16.2. The summed E-state index contributed by atoms with van der Waals surface area (Å²) in [6.45, 7) is 0.573. The van der Waals surface area contributed by atoms with Gasteiger partial charge in [-0.3, -0.25) is 9.59 Å². The first-order valence-corrected chi connectivity index (χ1v) is 9.80. The zero-order valence-corrected chi connectivity index (χ0v) is 16.5. The number of carbonyl (C=O) groups excluding carboxylic acids is 2. The molecule has 3 rings (SSSR count). The molecule has 2 amide bonds. The number of anilines is 3. The van der Waals surface area contributed by atoms with E-state index in [4.69, 9.17) is 5.73 Å². The minimum atomic E-state index is -0.121. The summed E-state index contributed by atoms with van der Waals surface area (Å²) in [5.41, 5.74) is 9.48. The number of carbonyl (C=O) groups is 2. The third kappa shape index (κ3) is 5.51. The van der Waals surface area contributed by atoms with E-state index in [-0.39, 0.29) is 11.8 Å². The van der Waals surface area contributed by atoms with Crippen LogP contribution < -0.4 is 21.7 Å². The molecule has 0 unspecified atom stereocenters. The largest absolute Gasteiger partial charge is 0.397 e. The van der Waals surface area contributed by atoms with Crippen molar-refractivity contribution in [3.63, 3.8) is 0 Å². The van der Waals surface area contributed by atoms with Crippen molar-refractivity contribution in [3.8, 4) is 0 Å². The monoisotopic (exact) mass is 393 g/mol. The quantitative estimate of drug-likeness (QED) is 0.282. The Labute approximate surface area is 170 Å². The number of hydrogen-bond donors (Lipinski definition) is 5. The van der Waals surface area contributed by atoms with Gasteiger partial charge in [0.05, 0.1) is 11.4 Å². The molecule has 29 heavy (non-hydrogen) atoms. The highest BCUT2D eigenvalue weighted by Gasteiger charge is 2.09. The number of H-pyrrole nitrogens is 1. The minimum Gasteiger partial charge on any atom is -0.397 e. The fourth-order valence-electron chi connectivity index (χ4n) is 3.11. The van der Waals surface area contributed by atoms with Gasteiger partial charge in [0, 0.05) is 36.6 Å². The predicted octanol–water partition coefficient (Wildman–Crippen LogP) is 3.72.